The molecule has 0 unspecified atom stereocenters. The Labute approximate surface area is 145 Å². The standard InChI is InChI=1S/C5H10N2S4.2Na/c8-4(9)6-2-1-3-7-5(10)11;;/h1-3H2,(H2,6,8,9)(H2,7,10,11);;/q;2*+1/p-2. The summed E-state index contributed by atoms with van der Waals surface area (Å²) >= 11 is 18.5. The molecule has 0 bridgehead atoms. The van der Waals surface area contributed by atoms with Crippen molar-refractivity contribution in [3.05, 3.63) is 0 Å². The van der Waals surface area contributed by atoms with Gasteiger partial charge in [0.1, 0.15) is 0 Å². The molecule has 8 heteroatoms. The second kappa shape index (κ2) is 14.2. The minimum Gasteiger partial charge on any atom is -0.412 e. The Hall–Kier alpha value is 2.22. The van der Waals surface area contributed by atoms with Gasteiger partial charge in [0.05, 0.1) is 0 Å². The van der Waals surface area contributed by atoms with Gasteiger partial charge in [-0.3, -0.25) is 0 Å². The van der Waals surface area contributed by atoms with Gasteiger partial charge >= 0.3 is 59.1 Å². The summed E-state index contributed by atoms with van der Waals surface area (Å²) in [7, 11) is 0. The third kappa shape index (κ3) is 20.3. The monoisotopic (exact) mass is 270 g/mol. The summed E-state index contributed by atoms with van der Waals surface area (Å²) in [5, 5.41) is 5.70. The molecule has 0 amide bonds. The summed E-state index contributed by atoms with van der Waals surface area (Å²) < 4.78 is 0.817. The second-order valence-electron chi connectivity index (χ2n) is 1.78. The molecule has 0 radical (unpaired) electrons. The van der Waals surface area contributed by atoms with Crippen LogP contribution in [0.25, 0.3) is 0 Å². The zero-order valence-electron chi connectivity index (χ0n) is 7.75. The van der Waals surface area contributed by atoms with Gasteiger partial charge in [-0.2, -0.15) is 0 Å². The number of hydrogen-bond acceptors (Lipinski definition) is 4. The van der Waals surface area contributed by atoms with Gasteiger partial charge in [0, 0.05) is 13.1 Å². The molecule has 0 saturated heterocycles. The van der Waals surface area contributed by atoms with Crippen LogP contribution in [0.1, 0.15) is 6.42 Å². The van der Waals surface area contributed by atoms with Crippen molar-refractivity contribution in [2.45, 2.75) is 6.42 Å². The van der Waals surface area contributed by atoms with Crippen LogP contribution in [0.2, 0.25) is 0 Å². The van der Waals surface area contributed by atoms with Crippen LogP contribution in [0.5, 0.6) is 0 Å². The van der Waals surface area contributed by atoms with Gasteiger partial charge in [-0.25, -0.2) is 0 Å². The maximum Gasteiger partial charge on any atom is 1.00 e. The Balaban J connectivity index is -0.000000500. The predicted molar refractivity (Wildman–Crippen MR) is 60.5 cm³/mol. The molecule has 0 atom stereocenters. The smallest absolute Gasteiger partial charge is 0.412 e. The number of thiocarbonyl (C=S) groups is 2. The number of hydrogen-bond donors (Lipinski definition) is 2. The number of nitrogens with one attached hydrogen (secondary N) is 2. The van der Waals surface area contributed by atoms with Crippen LogP contribution >= 0.6 is 24.4 Å². The van der Waals surface area contributed by atoms with Crippen LogP contribution in [0.15, 0.2) is 0 Å². The van der Waals surface area contributed by atoms with Gasteiger partial charge in [-0.15, -0.1) is 0 Å². The van der Waals surface area contributed by atoms with Gasteiger partial charge < -0.3 is 60.3 Å². The maximum atomic E-state index is 4.63. The summed E-state index contributed by atoms with van der Waals surface area (Å²) in [6, 6.07) is 0. The first-order valence-corrected chi connectivity index (χ1v) is 4.66. The summed E-state index contributed by atoms with van der Waals surface area (Å²) in [6.07, 6.45) is 0.910. The van der Waals surface area contributed by atoms with Crippen molar-refractivity contribution >= 4 is 58.3 Å². The molecule has 2 N–H and O–H groups in total. The molecule has 13 heavy (non-hydrogen) atoms. The largest absolute Gasteiger partial charge is 1.00 e. The molecular formula is C5H8N2Na2S4. The van der Waals surface area contributed by atoms with Crippen LogP contribution in [-0.2, 0) is 25.3 Å². The second-order valence-corrected chi connectivity index (χ2v) is 3.93. The summed E-state index contributed by atoms with van der Waals surface area (Å²) in [5.41, 5.74) is 0. The van der Waals surface area contributed by atoms with E-state index in [-0.39, 0.29) is 59.1 Å². The van der Waals surface area contributed by atoms with E-state index in [4.69, 9.17) is 0 Å². The Morgan fingerprint density at radius 1 is 0.923 bits per heavy atom. The quantitative estimate of drug-likeness (QED) is 0.229. The van der Waals surface area contributed by atoms with Crippen molar-refractivity contribution in [3.8, 4) is 0 Å². The molecule has 0 aliphatic rings. The van der Waals surface area contributed by atoms with E-state index < -0.39 is 0 Å². The van der Waals surface area contributed by atoms with Gasteiger partial charge in [-0.05, 0) is 6.42 Å². The molecule has 0 spiro atoms. The van der Waals surface area contributed by atoms with Crippen molar-refractivity contribution in [1.82, 2.24) is 10.6 Å². The number of rotatable bonds is 4. The summed E-state index contributed by atoms with van der Waals surface area (Å²) in [4.78, 5) is 0. The topological polar surface area (TPSA) is 24.1 Å². The molecule has 0 aliphatic heterocycles. The first kappa shape index (κ1) is 20.6. The van der Waals surface area contributed by atoms with E-state index >= 15 is 0 Å². The van der Waals surface area contributed by atoms with E-state index in [2.05, 4.69) is 60.3 Å². The zero-order chi connectivity index (χ0) is 8.69. The fourth-order valence-electron chi connectivity index (χ4n) is 0.469. The van der Waals surface area contributed by atoms with E-state index in [0.29, 0.717) is 8.64 Å². The third-order valence-electron chi connectivity index (χ3n) is 0.892. The summed E-state index contributed by atoms with van der Waals surface area (Å²) in [5.74, 6) is 0. The molecule has 0 fully saturated rings. The van der Waals surface area contributed by atoms with Gasteiger partial charge in [0.25, 0.3) is 0 Å². The molecule has 2 nitrogen and oxygen atoms in total. The van der Waals surface area contributed by atoms with Crippen LogP contribution in [0.4, 0.5) is 0 Å². The van der Waals surface area contributed by atoms with Crippen molar-refractivity contribution in [1.29, 1.82) is 0 Å². The van der Waals surface area contributed by atoms with E-state index in [1.165, 1.54) is 0 Å². The van der Waals surface area contributed by atoms with E-state index in [1.807, 2.05) is 0 Å². The zero-order valence-corrected chi connectivity index (χ0v) is 15.0. The summed E-state index contributed by atoms with van der Waals surface area (Å²) in [6.45, 7) is 1.54. The van der Waals surface area contributed by atoms with Crippen molar-refractivity contribution in [2.24, 2.45) is 0 Å². The Bertz CT molecular complexity index is 139. The Kier molecular flexibility index (Phi) is 22.5. The normalized spacial score (nSPS) is 7.38. The van der Waals surface area contributed by atoms with Gasteiger partial charge in [0.2, 0.25) is 0 Å². The average Bonchev–Trinajstić information content (AvgIpc) is 1.85. The minimum atomic E-state index is 0. The van der Waals surface area contributed by atoms with Crippen LogP contribution in [-0.4, -0.2) is 21.7 Å². The minimum absolute atomic E-state index is 0. The van der Waals surface area contributed by atoms with Crippen molar-refractivity contribution in [2.75, 3.05) is 13.1 Å². The van der Waals surface area contributed by atoms with Crippen molar-refractivity contribution in [3.63, 3.8) is 0 Å². The molecule has 64 valence electrons. The molecule has 0 aromatic heterocycles. The van der Waals surface area contributed by atoms with Crippen LogP contribution in [0, 0.1) is 0 Å². The van der Waals surface area contributed by atoms with Gasteiger partial charge in [-0.1, -0.05) is 8.64 Å². The van der Waals surface area contributed by atoms with E-state index in [9.17, 15) is 0 Å². The van der Waals surface area contributed by atoms with Crippen LogP contribution < -0.4 is 69.7 Å². The van der Waals surface area contributed by atoms with Crippen LogP contribution in [0.3, 0.4) is 0 Å². The molecule has 0 aromatic rings. The Morgan fingerprint density at radius 3 is 1.46 bits per heavy atom. The predicted octanol–water partition coefficient (Wildman–Crippen LogP) is -5.77. The molecule has 0 heterocycles. The molecule has 0 rings (SSSR count). The molecule has 0 saturated carbocycles. The first-order valence-electron chi connectivity index (χ1n) is 3.02. The average molecular weight is 270 g/mol. The fourth-order valence-corrected chi connectivity index (χ4v) is 0.878. The third-order valence-corrected chi connectivity index (χ3v) is 1.47. The molecule has 0 aliphatic carbocycles. The van der Waals surface area contributed by atoms with E-state index in [0.717, 1.165) is 19.5 Å². The van der Waals surface area contributed by atoms with E-state index in [1.54, 1.807) is 0 Å². The SMILES string of the molecule is S=C([S-])NCCCNC(=S)[S-].[Na+].[Na+]. The maximum absolute atomic E-state index is 4.63. The molecule has 0 aromatic carbocycles. The van der Waals surface area contributed by atoms with Crippen molar-refractivity contribution < 1.29 is 59.1 Å². The fraction of sp³-hybridized carbons (Fsp3) is 0.600. The Morgan fingerprint density at radius 2 is 1.23 bits per heavy atom. The molecular weight excluding hydrogens is 262 g/mol. The van der Waals surface area contributed by atoms with Gasteiger partial charge in [0.15, 0.2) is 0 Å². The first-order chi connectivity index (χ1) is 5.13.